The molecule has 0 bridgehead atoms. The van der Waals surface area contributed by atoms with Crippen molar-refractivity contribution >= 4 is 0 Å². The number of ether oxygens (including phenoxy) is 1. The van der Waals surface area contributed by atoms with Crippen molar-refractivity contribution in [2.24, 2.45) is 0 Å². The third-order valence-corrected chi connectivity index (χ3v) is 3.06. The summed E-state index contributed by atoms with van der Waals surface area (Å²) in [4.78, 5) is 4.14. The zero-order valence-corrected chi connectivity index (χ0v) is 11.5. The number of nitrogens with zero attached hydrogens (tertiary/aromatic N) is 1. The molecule has 0 radical (unpaired) electrons. The summed E-state index contributed by atoms with van der Waals surface area (Å²) >= 11 is 0. The van der Waals surface area contributed by atoms with Crippen LogP contribution >= 0.6 is 0 Å². The molecule has 1 aromatic carbocycles. The average molecular weight is 273 g/mol. The number of aryl methyl sites for hydroxylation is 1. The van der Waals surface area contributed by atoms with Gasteiger partial charge in [0.25, 0.3) is 0 Å². The van der Waals surface area contributed by atoms with Crippen molar-refractivity contribution < 1.29 is 14.9 Å². The lowest BCUT2D eigenvalue weighted by molar-refractivity contribution is 0.163. The maximum Gasteiger partial charge on any atom is 0.161 e. The van der Waals surface area contributed by atoms with Gasteiger partial charge in [0.1, 0.15) is 0 Å². The molecule has 1 aromatic heterocycles. The zero-order valence-electron chi connectivity index (χ0n) is 11.5. The molecule has 0 saturated carbocycles. The Morgan fingerprint density at radius 2 is 2.10 bits per heavy atom. The molecule has 0 aliphatic rings. The molecule has 2 rings (SSSR count). The summed E-state index contributed by atoms with van der Waals surface area (Å²) in [5, 5.41) is 19.7. The molecule has 1 heterocycles. The normalized spacial score (nSPS) is 12.1. The van der Waals surface area contributed by atoms with E-state index in [2.05, 4.69) is 4.98 Å². The van der Waals surface area contributed by atoms with Crippen LogP contribution in [0.2, 0.25) is 0 Å². The van der Waals surface area contributed by atoms with Gasteiger partial charge in [-0.15, -0.1) is 0 Å². The van der Waals surface area contributed by atoms with Crippen LogP contribution in [0.1, 0.15) is 30.7 Å². The highest BCUT2D eigenvalue weighted by molar-refractivity contribution is 5.41. The van der Waals surface area contributed by atoms with Crippen molar-refractivity contribution in [3.05, 3.63) is 53.9 Å². The fourth-order valence-corrected chi connectivity index (χ4v) is 2.01. The number of phenols is 1. The van der Waals surface area contributed by atoms with Gasteiger partial charge in [0.05, 0.1) is 18.4 Å². The van der Waals surface area contributed by atoms with Gasteiger partial charge in [-0.3, -0.25) is 4.98 Å². The van der Waals surface area contributed by atoms with E-state index in [0.717, 1.165) is 5.56 Å². The van der Waals surface area contributed by atoms with Crippen LogP contribution in [0.25, 0.3) is 0 Å². The van der Waals surface area contributed by atoms with Crippen molar-refractivity contribution in [2.75, 3.05) is 6.61 Å². The molecular weight excluding hydrogens is 254 g/mol. The van der Waals surface area contributed by atoms with Gasteiger partial charge in [0.2, 0.25) is 0 Å². The van der Waals surface area contributed by atoms with E-state index in [1.165, 1.54) is 0 Å². The molecule has 20 heavy (non-hydrogen) atoms. The Kier molecular flexibility index (Phi) is 4.96. The number of aliphatic hydroxyl groups is 1. The van der Waals surface area contributed by atoms with Crippen molar-refractivity contribution in [3.8, 4) is 11.5 Å². The summed E-state index contributed by atoms with van der Waals surface area (Å²) in [6, 6.07) is 10.8. The standard InChI is InChI=1S/C16H19NO3/c1-2-20-16-11-12(7-9-15(16)19)6-8-14(18)13-5-3-4-10-17-13/h3-5,7,9-11,14,18-19H,2,6,8H2,1H3. The van der Waals surface area contributed by atoms with Gasteiger partial charge in [0.15, 0.2) is 11.5 Å². The predicted molar refractivity (Wildman–Crippen MR) is 76.8 cm³/mol. The van der Waals surface area contributed by atoms with E-state index in [0.29, 0.717) is 30.9 Å². The topological polar surface area (TPSA) is 62.6 Å². The zero-order chi connectivity index (χ0) is 14.4. The molecule has 0 amide bonds. The van der Waals surface area contributed by atoms with Crippen LogP contribution < -0.4 is 4.74 Å². The van der Waals surface area contributed by atoms with E-state index >= 15 is 0 Å². The van der Waals surface area contributed by atoms with E-state index in [-0.39, 0.29) is 5.75 Å². The first-order valence-corrected chi connectivity index (χ1v) is 6.74. The number of aliphatic hydroxyl groups excluding tert-OH is 1. The third-order valence-electron chi connectivity index (χ3n) is 3.06. The molecule has 2 aromatic rings. The van der Waals surface area contributed by atoms with Crippen molar-refractivity contribution in [3.63, 3.8) is 0 Å². The highest BCUT2D eigenvalue weighted by atomic mass is 16.5. The van der Waals surface area contributed by atoms with Gasteiger partial charge in [-0.1, -0.05) is 12.1 Å². The fraction of sp³-hybridized carbons (Fsp3) is 0.312. The second-order valence-electron chi connectivity index (χ2n) is 4.54. The molecule has 0 fully saturated rings. The van der Waals surface area contributed by atoms with Gasteiger partial charge in [-0.05, 0) is 49.6 Å². The lowest BCUT2D eigenvalue weighted by Gasteiger charge is -2.11. The Balaban J connectivity index is 1.98. The molecule has 4 heteroatoms. The Hall–Kier alpha value is -2.07. The maximum absolute atomic E-state index is 10.1. The van der Waals surface area contributed by atoms with Gasteiger partial charge in [0, 0.05) is 6.20 Å². The number of pyridine rings is 1. The first-order valence-electron chi connectivity index (χ1n) is 6.74. The summed E-state index contributed by atoms with van der Waals surface area (Å²) in [7, 11) is 0. The number of hydrogen-bond donors (Lipinski definition) is 2. The fourth-order valence-electron chi connectivity index (χ4n) is 2.01. The maximum atomic E-state index is 10.1. The summed E-state index contributed by atoms with van der Waals surface area (Å²) in [5.74, 6) is 0.623. The van der Waals surface area contributed by atoms with E-state index in [1.54, 1.807) is 12.3 Å². The Bertz CT molecular complexity index is 543. The predicted octanol–water partition coefficient (Wildman–Crippen LogP) is 2.85. The minimum Gasteiger partial charge on any atom is -0.504 e. The molecule has 1 unspecified atom stereocenters. The minimum absolute atomic E-state index is 0.140. The second-order valence-corrected chi connectivity index (χ2v) is 4.54. The number of hydrogen-bond acceptors (Lipinski definition) is 4. The molecular formula is C16H19NO3. The van der Waals surface area contributed by atoms with Gasteiger partial charge < -0.3 is 14.9 Å². The van der Waals surface area contributed by atoms with Gasteiger partial charge >= 0.3 is 0 Å². The van der Waals surface area contributed by atoms with Crippen molar-refractivity contribution in [2.45, 2.75) is 25.9 Å². The van der Waals surface area contributed by atoms with E-state index in [9.17, 15) is 10.2 Å². The third kappa shape index (κ3) is 3.71. The summed E-state index contributed by atoms with van der Waals surface area (Å²) in [6.45, 7) is 2.38. The average Bonchev–Trinajstić information content (AvgIpc) is 2.49. The molecule has 0 saturated heterocycles. The van der Waals surface area contributed by atoms with Crippen LogP contribution in [0, 0.1) is 0 Å². The number of rotatable bonds is 6. The quantitative estimate of drug-likeness (QED) is 0.849. The highest BCUT2D eigenvalue weighted by Gasteiger charge is 2.10. The molecule has 0 aliphatic carbocycles. The molecule has 2 N–H and O–H groups in total. The first-order chi connectivity index (χ1) is 9.70. The summed E-state index contributed by atoms with van der Waals surface area (Å²) in [6.07, 6.45) is 2.36. The molecule has 4 nitrogen and oxygen atoms in total. The number of aromatic nitrogens is 1. The molecule has 0 aliphatic heterocycles. The lowest BCUT2D eigenvalue weighted by Crippen LogP contribution is -2.02. The van der Waals surface area contributed by atoms with Crippen LogP contribution in [0.15, 0.2) is 42.6 Å². The molecule has 0 spiro atoms. The summed E-state index contributed by atoms with van der Waals surface area (Å²) in [5.41, 5.74) is 1.69. The van der Waals surface area contributed by atoms with Crippen molar-refractivity contribution in [1.29, 1.82) is 0 Å². The van der Waals surface area contributed by atoms with E-state index in [1.807, 2.05) is 37.3 Å². The van der Waals surface area contributed by atoms with E-state index in [4.69, 9.17) is 4.74 Å². The molecule has 106 valence electrons. The van der Waals surface area contributed by atoms with Gasteiger partial charge in [-0.25, -0.2) is 0 Å². The Morgan fingerprint density at radius 1 is 1.25 bits per heavy atom. The van der Waals surface area contributed by atoms with E-state index < -0.39 is 6.10 Å². The van der Waals surface area contributed by atoms with Crippen LogP contribution in [0.3, 0.4) is 0 Å². The lowest BCUT2D eigenvalue weighted by atomic mass is 10.0. The molecule has 1 atom stereocenters. The first kappa shape index (κ1) is 14.3. The number of phenolic OH excluding ortho intramolecular Hbond substituents is 1. The Labute approximate surface area is 118 Å². The minimum atomic E-state index is -0.583. The van der Waals surface area contributed by atoms with Crippen molar-refractivity contribution in [1.82, 2.24) is 4.98 Å². The Morgan fingerprint density at radius 3 is 2.80 bits per heavy atom. The monoisotopic (exact) mass is 273 g/mol. The van der Waals surface area contributed by atoms with Crippen LogP contribution in [-0.4, -0.2) is 21.8 Å². The smallest absolute Gasteiger partial charge is 0.161 e. The van der Waals surface area contributed by atoms with Crippen LogP contribution in [0.4, 0.5) is 0 Å². The largest absolute Gasteiger partial charge is 0.504 e. The summed E-state index contributed by atoms with van der Waals surface area (Å²) < 4.78 is 5.34. The number of benzene rings is 1. The van der Waals surface area contributed by atoms with Gasteiger partial charge in [-0.2, -0.15) is 0 Å². The highest BCUT2D eigenvalue weighted by Crippen LogP contribution is 2.28. The van der Waals surface area contributed by atoms with Crippen LogP contribution in [-0.2, 0) is 6.42 Å². The van der Waals surface area contributed by atoms with Crippen LogP contribution in [0.5, 0.6) is 11.5 Å². The number of aromatic hydroxyl groups is 1. The SMILES string of the molecule is CCOc1cc(CCC(O)c2ccccn2)ccc1O. The second kappa shape index (κ2) is 6.91.